The van der Waals surface area contributed by atoms with E-state index in [9.17, 15) is 9.18 Å². The van der Waals surface area contributed by atoms with E-state index in [4.69, 9.17) is 0 Å². The zero-order chi connectivity index (χ0) is 18.5. The first-order valence-electron chi connectivity index (χ1n) is 8.21. The summed E-state index contributed by atoms with van der Waals surface area (Å²) in [4.78, 5) is 21.0. The number of nitrogens with one attached hydrogen (secondary N) is 2. The average molecular weight is 350 g/mol. The molecule has 2 aromatic carbocycles. The summed E-state index contributed by atoms with van der Waals surface area (Å²) in [6.07, 6.45) is 0. The lowest BCUT2D eigenvalue weighted by Gasteiger charge is -2.09. The maximum absolute atomic E-state index is 13.0. The van der Waals surface area contributed by atoms with Crippen molar-refractivity contribution in [3.8, 4) is 0 Å². The Labute approximate surface area is 151 Å². The molecule has 0 aliphatic heterocycles. The zero-order valence-corrected chi connectivity index (χ0v) is 14.6. The SMILES string of the molecule is Cc1ccc(NC(=O)c2cc(C)nc(NCc3ccc(F)cc3)n2)cc1. The Morgan fingerprint density at radius 2 is 1.69 bits per heavy atom. The molecule has 132 valence electrons. The molecule has 0 unspecified atom stereocenters. The highest BCUT2D eigenvalue weighted by atomic mass is 19.1. The first-order chi connectivity index (χ1) is 12.5. The second kappa shape index (κ2) is 7.74. The van der Waals surface area contributed by atoms with E-state index in [0.29, 0.717) is 23.9 Å². The first-order valence-corrected chi connectivity index (χ1v) is 8.21. The maximum atomic E-state index is 13.0. The van der Waals surface area contributed by atoms with Gasteiger partial charge in [-0.15, -0.1) is 0 Å². The van der Waals surface area contributed by atoms with Crippen LogP contribution in [0.4, 0.5) is 16.0 Å². The van der Waals surface area contributed by atoms with Crippen LogP contribution in [0.3, 0.4) is 0 Å². The number of carbonyl (C=O) groups excluding carboxylic acids is 1. The summed E-state index contributed by atoms with van der Waals surface area (Å²) in [5.41, 5.74) is 3.67. The van der Waals surface area contributed by atoms with E-state index >= 15 is 0 Å². The molecule has 26 heavy (non-hydrogen) atoms. The highest BCUT2D eigenvalue weighted by Gasteiger charge is 2.11. The molecule has 0 aliphatic carbocycles. The van der Waals surface area contributed by atoms with Crippen molar-refractivity contribution in [1.29, 1.82) is 0 Å². The minimum Gasteiger partial charge on any atom is -0.350 e. The molecule has 0 spiro atoms. The molecular formula is C20H19FN4O. The van der Waals surface area contributed by atoms with Crippen LogP contribution in [-0.2, 0) is 6.54 Å². The molecule has 0 aliphatic rings. The van der Waals surface area contributed by atoms with Crippen molar-refractivity contribution in [3.05, 3.63) is 82.9 Å². The highest BCUT2D eigenvalue weighted by molar-refractivity contribution is 6.03. The van der Waals surface area contributed by atoms with Crippen LogP contribution in [0, 0.1) is 19.7 Å². The number of carbonyl (C=O) groups is 1. The molecule has 0 radical (unpaired) electrons. The van der Waals surface area contributed by atoms with Gasteiger partial charge in [-0.2, -0.15) is 0 Å². The molecule has 1 heterocycles. The van der Waals surface area contributed by atoms with Gasteiger partial charge in [0.2, 0.25) is 5.95 Å². The van der Waals surface area contributed by atoms with Crippen molar-refractivity contribution in [2.45, 2.75) is 20.4 Å². The van der Waals surface area contributed by atoms with Gasteiger partial charge in [-0.05, 0) is 49.7 Å². The summed E-state index contributed by atoms with van der Waals surface area (Å²) in [6.45, 7) is 4.22. The Kier molecular flexibility index (Phi) is 5.22. The van der Waals surface area contributed by atoms with Gasteiger partial charge in [-0.25, -0.2) is 14.4 Å². The fourth-order valence-electron chi connectivity index (χ4n) is 2.38. The van der Waals surface area contributed by atoms with Crippen molar-refractivity contribution in [2.75, 3.05) is 10.6 Å². The lowest BCUT2D eigenvalue weighted by Crippen LogP contribution is -2.16. The molecule has 0 fully saturated rings. The van der Waals surface area contributed by atoms with Crippen LogP contribution >= 0.6 is 0 Å². The number of benzene rings is 2. The molecule has 3 rings (SSSR count). The maximum Gasteiger partial charge on any atom is 0.274 e. The molecule has 6 heteroatoms. The van der Waals surface area contributed by atoms with Gasteiger partial charge in [-0.3, -0.25) is 4.79 Å². The molecule has 0 saturated heterocycles. The van der Waals surface area contributed by atoms with E-state index < -0.39 is 0 Å². The second-order valence-corrected chi connectivity index (χ2v) is 6.02. The monoisotopic (exact) mass is 350 g/mol. The summed E-state index contributed by atoms with van der Waals surface area (Å²) in [5, 5.41) is 5.88. The number of aromatic nitrogens is 2. The molecular weight excluding hydrogens is 331 g/mol. The fraction of sp³-hybridized carbons (Fsp3) is 0.150. The van der Waals surface area contributed by atoms with Crippen molar-refractivity contribution in [1.82, 2.24) is 9.97 Å². The number of hydrogen-bond donors (Lipinski definition) is 2. The van der Waals surface area contributed by atoms with Crippen molar-refractivity contribution >= 4 is 17.5 Å². The van der Waals surface area contributed by atoms with E-state index in [2.05, 4.69) is 20.6 Å². The summed E-state index contributed by atoms with van der Waals surface area (Å²) in [7, 11) is 0. The largest absolute Gasteiger partial charge is 0.350 e. The number of rotatable bonds is 5. The normalized spacial score (nSPS) is 10.4. The second-order valence-electron chi connectivity index (χ2n) is 6.02. The van der Waals surface area contributed by atoms with E-state index in [1.807, 2.05) is 31.2 Å². The van der Waals surface area contributed by atoms with Gasteiger partial charge < -0.3 is 10.6 Å². The predicted molar refractivity (Wildman–Crippen MR) is 99.6 cm³/mol. The topological polar surface area (TPSA) is 66.9 Å². The van der Waals surface area contributed by atoms with E-state index in [0.717, 1.165) is 11.1 Å². The number of nitrogens with zero attached hydrogens (tertiary/aromatic N) is 2. The average Bonchev–Trinajstić information content (AvgIpc) is 2.63. The van der Waals surface area contributed by atoms with Crippen LogP contribution in [0.1, 0.15) is 27.3 Å². The number of amides is 1. The summed E-state index contributed by atoms with van der Waals surface area (Å²) >= 11 is 0. The third-order valence-corrected chi connectivity index (χ3v) is 3.76. The van der Waals surface area contributed by atoms with E-state index in [1.165, 1.54) is 12.1 Å². The number of aryl methyl sites for hydroxylation is 2. The highest BCUT2D eigenvalue weighted by Crippen LogP contribution is 2.12. The first kappa shape index (κ1) is 17.5. The summed E-state index contributed by atoms with van der Waals surface area (Å²) in [6, 6.07) is 15.3. The molecule has 5 nitrogen and oxygen atoms in total. The van der Waals surface area contributed by atoms with E-state index in [1.54, 1.807) is 25.1 Å². The van der Waals surface area contributed by atoms with E-state index in [-0.39, 0.29) is 17.4 Å². The summed E-state index contributed by atoms with van der Waals surface area (Å²) in [5.74, 6) is -0.233. The predicted octanol–water partition coefficient (Wildman–Crippen LogP) is 4.10. The molecule has 1 aromatic heterocycles. The summed E-state index contributed by atoms with van der Waals surface area (Å²) < 4.78 is 13.0. The lowest BCUT2D eigenvalue weighted by molar-refractivity contribution is 0.102. The van der Waals surface area contributed by atoms with Gasteiger partial charge in [0.05, 0.1) is 0 Å². The number of anilines is 2. The third kappa shape index (κ3) is 4.63. The third-order valence-electron chi connectivity index (χ3n) is 3.76. The minimum absolute atomic E-state index is 0.277. The zero-order valence-electron chi connectivity index (χ0n) is 14.6. The molecule has 3 aromatic rings. The molecule has 0 bridgehead atoms. The lowest BCUT2D eigenvalue weighted by atomic mass is 10.2. The molecule has 1 amide bonds. The van der Waals surface area contributed by atoms with Crippen molar-refractivity contribution in [2.24, 2.45) is 0 Å². The number of hydrogen-bond acceptors (Lipinski definition) is 4. The molecule has 2 N–H and O–H groups in total. The Hall–Kier alpha value is -3.28. The van der Waals surface area contributed by atoms with Gasteiger partial charge in [0.1, 0.15) is 11.5 Å². The Balaban J connectivity index is 1.71. The van der Waals surface area contributed by atoms with Gasteiger partial charge in [0, 0.05) is 17.9 Å². The van der Waals surface area contributed by atoms with Gasteiger partial charge in [-0.1, -0.05) is 29.8 Å². The van der Waals surface area contributed by atoms with Crippen molar-refractivity contribution in [3.63, 3.8) is 0 Å². The van der Waals surface area contributed by atoms with Crippen LogP contribution in [0.15, 0.2) is 54.6 Å². The van der Waals surface area contributed by atoms with Gasteiger partial charge in [0.25, 0.3) is 5.91 Å². The van der Waals surface area contributed by atoms with Gasteiger partial charge >= 0.3 is 0 Å². The van der Waals surface area contributed by atoms with Crippen molar-refractivity contribution < 1.29 is 9.18 Å². The van der Waals surface area contributed by atoms with Crippen LogP contribution < -0.4 is 10.6 Å². The fourth-order valence-corrected chi connectivity index (χ4v) is 2.38. The standard InChI is InChI=1S/C20H19FN4O/c1-13-3-9-17(10-4-13)24-19(26)18-11-14(2)23-20(25-18)22-12-15-5-7-16(21)8-6-15/h3-11H,12H2,1-2H3,(H,24,26)(H,22,23,25). The molecule has 0 saturated carbocycles. The van der Waals surface area contributed by atoms with Gasteiger partial charge in [0.15, 0.2) is 0 Å². The Morgan fingerprint density at radius 1 is 1.00 bits per heavy atom. The van der Waals surface area contributed by atoms with Crippen LogP contribution in [0.25, 0.3) is 0 Å². The minimum atomic E-state index is -0.302. The molecule has 0 atom stereocenters. The Morgan fingerprint density at radius 3 is 2.38 bits per heavy atom. The van der Waals surface area contributed by atoms with Crippen LogP contribution in [0.5, 0.6) is 0 Å². The van der Waals surface area contributed by atoms with Crippen LogP contribution in [0.2, 0.25) is 0 Å². The quantitative estimate of drug-likeness (QED) is 0.727. The van der Waals surface area contributed by atoms with Crippen LogP contribution in [-0.4, -0.2) is 15.9 Å². The number of halogens is 1. The smallest absolute Gasteiger partial charge is 0.274 e. The Bertz CT molecular complexity index is 908.